The Morgan fingerprint density at radius 3 is 2.81 bits per heavy atom. The highest BCUT2D eigenvalue weighted by Crippen LogP contribution is 2.28. The smallest absolute Gasteiger partial charge is 0.0419 e. The predicted octanol–water partition coefficient (Wildman–Crippen LogP) is 3.53. The third kappa shape index (κ3) is 4.63. The van der Waals surface area contributed by atoms with Gasteiger partial charge in [0.05, 0.1) is 0 Å². The fourth-order valence-corrected chi connectivity index (χ4v) is 3.18. The van der Waals surface area contributed by atoms with Crippen LogP contribution in [0.1, 0.15) is 45.1 Å². The highest BCUT2D eigenvalue weighted by Gasteiger charge is 2.17. The highest BCUT2D eigenvalue weighted by atomic mass is 15.2. The van der Waals surface area contributed by atoms with Crippen LogP contribution in [0.4, 0.5) is 11.4 Å². The van der Waals surface area contributed by atoms with Gasteiger partial charge >= 0.3 is 0 Å². The second kappa shape index (κ2) is 8.28. The van der Waals surface area contributed by atoms with Crippen LogP contribution in [0.25, 0.3) is 0 Å². The lowest BCUT2D eigenvalue weighted by Gasteiger charge is -2.33. The summed E-state index contributed by atoms with van der Waals surface area (Å²) in [6.07, 6.45) is 6.43. The van der Waals surface area contributed by atoms with E-state index in [1.54, 1.807) is 0 Å². The first-order valence-corrected chi connectivity index (χ1v) is 8.60. The van der Waals surface area contributed by atoms with Crippen LogP contribution in [0.3, 0.4) is 0 Å². The molecule has 3 nitrogen and oxygen atoms in total. The SMILES string of the molecule is CCCCCN(CC)CCN1CCCc2ccc(N)cc21. The van der Waals surface area contributed by atoms with Gasteiger partial charge in [0.2, 0.25) is 0 Å². The lowest BCUT2D eigenvalue weighted by Crippen LogP contribution is -2.38. The number of aryl methyl sites for hydroxylation is 1. The number of rotatable bonds is 8. The zero-order valence-electron chi connectivity index (χ0n) is 13.8. The van der Waals surface area contributed by atoms with Crippen molar-refractivity contribution in [3.63, 3.8) is 0 Å². The van der Waals surface area contributed by atoms with Crippen molar-refractivity contribution in [1.29, 1.82) is 0 Å². The van der Waals surface area contributed by atoms with E-state index in [1.165, 1.54) is 56.4 Å². The molecule has 0 bridgehead atoms. The third-order valence-corrected chi connectivity index (χ3v) is 4.54. The van der Waals surface area contributed by atoms with Crippen LogP contribution >= 0.6 is 0 Å². The van der Waals surface area contributed by atoms with E-state index in [0.29, 0.717) is 0 Å². The van der Waals surface area contributed by atoms with Crippen molar-refractivity contribution < 1.29 is 0 Å². The van der Waals surface area contributed by atoms with Crippen molar-refractivity contribution in [3.05, 3.63) is 23.8 Å². The summed E-state index contributed by atoms with van der Waals surface area (Å²) in [6, 6.07) is 6.39. The summed E-state index contributed by atoms with van der Waals surface area (Å²) in [6.45, 7) is 10.4. The second-order valence-electron chi connectivity index (χ2n) is 6.12. The first-order valence-electron chi connectivity index (χ1n) is 8.60. The first kappa shape index (κ1) is 16.2. The summed E-state index contributed by atoms with van der Waals surface area (Å²) < 4.78 is 0. The molecule has 2 rings (SSSR count). The molecule has 1 aromatic rings. The van der Waals surface area contributed by atoms with Gasteiger partial charge in [-0.1, -0.05) is 32.8 Å². The van der Waals surface area contributed by atoms with E-state index in [0.717, 1.165) is 25.3 Å². The van der Waals surface area contributed by atoms with Gasteiger partial charge in [0, 0.05) is 31.0 Å². The summed E-state index contributed by atoms with van der Waals surface area (Å²) in [5, 5.41) is 0. The molecule has 0 atom stereocenters. The molecule has 0 fully saturated rings. The number of nitrogen functional groups attached to an aromatic ring is 1. The van der Waals surface area contributed by atoms with Crippen LogP contribution in [0, 0.1) is 0 Å². The standard InChI is InChI=1S/C18H31N3/c1-3-5-6-11-20(4-2)13-14-21-12-7-8-16-9-10-17(19)15-18(16)21/h9-10,15H,3-8,11-14,19H2,1-2H3. The van der Waals surface area contributed by atoms with Gasteiger partial charge in [-0.15, -0.1) is 0 Å². The van der Waals surface area contributed by atoms with Gasteiger partial charge in [0.25, 0.3) is 0 Å². The summed E-state index contributed by atoms with van der Waals surface area (Å²) in [5.41, 5.74) is 9.68. The zero-order valence-corrected chi connectivity index (χ0v) is 13.8. The summed E-state index contributed by atoms with van der Waals surface area (Å²) in [5.74, 6) is 0. The van der Waals surface area contributed by atoms with Crippen LogP contribution in [0.5, 0.6) is 0 Å². The lowest BCUT2D eigenvalue weighted by atomic mass is 10.0. The Morgan fingerprint density at radius 1 is 1.19 bits per heavy atom. The molecule has 2 N–H and O–H groups in total. The number of likely N-dealkylation sites (N-methyl/N-ethyl adjacent to an activating group) is 1. The fourth-order valence-electron chi connectivity index (χ4n) is 3.18. The summed E-state index contributed by atoms with van der Waals surface area (Å²) in [7, 11) is 0. The fraction of sp³-hybridized carbons (Fsp3) is 0.667. The molecule has 0 amide bonds. The summed E-state index contributed by atoms with van der Waals surface area (Å²) >= 11 is 0. The van der Waals surface area contributed by atoms with Crippen LogP contribution in [-0.4, -0.2) is 37.6 Å². The molecule has 0 aromatic heterocycles. The highest BCUT2D eigenvalue weighted by molar-refractivity contribution is 5.62. The molecule has 1 aliphatic rings. The zero-order chi connectivity index (χ0) is 15.1. The molecule has 0 unspecified atom stereocenters. The predicted molar refractivity (Wildman–Crippen MR) is 93.0 cm³/mol. The molecule has 0 radical (unpaired) electrons. The molecule has 118 valence electrons. The van der Waals surface area contributed by atoms with Gasteiger partial charge in [-0.3, -0.25) is 0 Å². The van der Waals surface area contributed by atoms with Crippen molar-refractivity contribution in [2.24, 2.45) is 0 Å². The van der Waals surface area contributed by atoms with Crippen LogP contribution in [0.2, 0.25) is 0 Å². The van der Waals surface area contributed by atoms with Gasteiger partial charge in [0.1, 0.15) is 0 Å². The number of fused-ring (bicyclic) bond motifs is 1. The topological polar surface area (TPSA) is 32.5 Å². The quantitative estimate of drug-likeness (QED) is 0.587. The van der Waals surface area contributed by atoms with Gasteiger partial charge < -0.3 is 15.5 Å². The van der Waals surface area contributed by atoms with Crippen LogP contribution < -0.4 is 10.6 Å². The molecule has 21 heavy (non-hydrogen) atoms. The van der Waals surface area contributed by atoms with Crippen molar-refractivity contribution in [2.45, 2.75) is 46.0 Å². The first-order chi connectivity index (χ1) is 10.2. The largest absolute Gasteiger partial charge is 0.399 e. The van der Waals surface area contributed by atoms with E-state index in [2.05, 4.69) is 35.8 Å². The molecule has 1 aliphatic heterocycles. The van der Waals surface area contributed by atoms with Crippen molar-refractivity contribution in [1.82, 2.24) is 4.90 Å². The van der Waals surface area contributed by atoms with Crippen molar-refractivity contribution in [3.8, 4) is 0 Å². The average molecular weight is 289 g/mol. The normalized spacial score (nSPS) is 14.5. The molecule has 0 aliphatic carbocycles. The Hall–Kier alpha value is -1.22. The van der Waals surface area contributed by atoms with E-state index >= 15 is 0 Å². The van der Waals surface area contributed by atoms with Gasteiger partial charge in [-0.25, -0.2) is 0 Å². The number of benzene rings is 1. The maximum Gasteiger partial charge on any atom is 0.0419 e. The van der Waals surface area contributed by atoms with Gasteiger partial charge in [-0.2, -0.15) is 0 Å². The van der Waals surface area contributed by atoms with E-state index in [9.17, 15) is 0 Å². The van der Waals surface area contributed by atoms with Gasteiger partial charge in [-0.05, 0) is 50.0 Å². The Labute approximate surface area is 130 Å². The molecule has 0 saturated carbocycles. The lowest BCUT2D eigenvalue weighted by molar-refractivity contribution is 0.286. The Morgan fingerprint density at radius 2 is 2.05 bits per heavy atom. The minimum atomic E-state index is 0.885. The molecular formula is C18H31N3. The van der Waals surface area contributed by atoms with Crippen LogP contribution in [0.15, 0.2) is 18.2 Å². The monoisotopic (exact) mass is 289 g/mol. The number of hydrogen-bond donors (Lipinski definition) is 1. The number of nitrogens with zero attached hydrogens (tertiary/aromatic N) is 2. The maximum atomic E-state index is 5.97. The minimum Gasteiger partial charge on any atom is -0.399 e. The Balaban J connectivity index is 1.90. The number of nitrogens with two attached hydrogens (primary N) is 1. The number of anilines is 2. The molecule has 1 aromatic carbocycles. The van der Waals surface area contributed by atoms with E-state index in [-0.39, 0.29) is 0 Å². The third-order valence-electron chi connectivity index (χ3n) is 4.54. The van der Waals surface area contributed by atoms with Gasteiger partial charge in [0.15, 0.2) is 0 Å². The molecular weight excluding hydrogens is 258 g/mol. The number of hydrogen-bond acceptors (Lipinski definition) is 3. The second-order valence-corrected chi connectivity index (χ2v) is 6.12. The molecule has 0 saturated heterocycles. The van der Waals surface area contributed by atoms with E-state index in [4.69, 9.17) is 5.73 Å². The maximum absolute atomic E-state index is 5.97. The Bertz CT molecular complexity index is 430. The van der Waals surface area contributed by atoms with E-state index in [1.807, 2.05) is 6.07 Å². The number of unbranched alkanes of at least 4 members (excludes halogenated alkanes) is 2. The Kier molecular flexibility index (Phi) is 6.37. The molecule has 3 heteroatoms. The van der Waals surface area contributed by atoms with Crippen molar-refractivity contribution >= 4 is 11.4 Å². The minimum absolute atomic E-state index is 0.885. The molecule has 0 spiro atoms. The van der Waals surface area contributed by atoms with Crippen LogP contribution in [-0.2, 0) is 6.42 Å². The summed E-state index contributed by atoms with van der Waals surface area (Å²) in [4.78, 5) is 5.11. The van der Waals surface area contributed by atoms with Crippen molar-refractivity contribution in [2.75, 3.05) is 43.4 Å². The van der Waals surface area contributed by atoms with E-state index < -0.39 is 0 Å². The average Bonchev–Trinajstić information content (AvgIpc) is 2.51. The molecule has 1 heterocycles.